The molecule has 0 aliphatic heterocycles. The van der Waals surface area contributed by atoms with E-state index in [9.17, 15) is 4.79 Å². The zero-order valence-corrected chi connectivity index (χ0v) is 13.1. The third kappa shape index (κ3) is 3.03. The Morgan fingerprint density at radius 3 is 2.91 bits per heavy atom. The van der Waals surface area contributed by atoms with Crippen molar-refractivity contribution in [3.63, 3.8) is 0 Å². The number of carbonyl (C=O) groups excluding carboxylic acids is 1. The molecule has 0 spiro atoms. The summed E-state index contributed by atoms with van der Waals surface area (Å²) in [6.07, 6.45) is -0.430. The summed E-state index contributed by atoms with van der Waals surface area (Å²) in [6.45, 7) is 2.12. The first-order chi connectivity index (χ1) is 10.7. The van der Waals surface area contributed by atoms with E-state index < -0.39 is 12.1 Å². The number of furan rings is 1. The predicted octanol–water partition coefficient (Wildman–Crippen LogP) is 3.95. The summed E-state index contributed by atoms with van der Waals surface area (Å²) < 4.78 is 16.8. The second-order valence-electron chi connectivity index (χ2n) is 4.77. The van der Waals surface area contributed by atoms with Gasteiger partial charge in [0.1, 0.15) is 17.4 Å². The number of esters is 1. The monoisotopic (exact) mass is 317 g/mol. The summed E-state index contributed by atoms with van der Waals surface area (Å²) in [5.41, 5.74) is 0.908. The molecule has 0 radical (unpaired) electrons. The van der Waals surface area contributed by atoms with Crippen molar-refractivity contribution in [1.82, 2.24) is 4.98 Å². The Morgan fingerprint density at radius 2 is 2.14 bits per heavy atom. The van der Waals surface area contributed by atoms with E-state index in [1.54, 1.807) is 26.2 Å². The van der Waals surface area contributed by atoms with E-state index in [0.29, 0.717) is 12.4 Å². The summed E-state index contributed by atoms with van der Waals surface area (Å²) >= 11 is 1.52. The van der Waals surface area contributed by atoms with Gasteiger partial charge in [0, 0.05) is 7.11 Å². The van der Waals surface area contributed by atoms with E-state index in [1.165, 1.54) is 11.3 Å². The molecular weight excluding hydrogens is 302 g/mol. The first-order valence-electron chi connectivity index (χ1n) is 6.81. The van der Waals surface area contributed by atoms with Crippen LogP contribution in [0.2, 0.25) is 0 Å². The average Bonchev–Trinajstić information content (AvgIpc) is 3.13. The third-order valence-corrected chi connectivity index (χ3v) is 4.29. The van der Waals surface area contributed by atoms with E-state index in [0.717, 1.165) is 15.2 Å². The number of nitrogens with zero attached hydrogens (tertiary/aromatic N) is 1. The number of ether oxygens (including phenoxy) is 2. The van der Waals surface area contributed by atoms with Crippen LogP contribution >= 0.6 is 11.3 Å². The lowest BCUT2D eigenvalue weighted by Gasteiger charge is -2.08. The summed E-state index contributed by atoms with van der Waals surface area (Å²) in [7, 11) is 1.57. The Balaban J connectivity index is 1.72. The van der Waals surface area contributed by atoms with Crippen LogP contribution in [0.15, 0.2) is 40.8 Å². The Kier molecular flexibility index (Phi) is 4.22. The SMILES string of the molecule is COCc1ccc(C(=O)OC(C)c2nc3ccccc3s2)o1. The van der Waals surface area contributed by atoms with Crippen LogP contribution in [0.4, 0.5) is 0 Å². The predicted molar refractivity (Wildman–Crippen MR) is 82.9 cm³/mol. The summed E-state index contributed by atoms with van der Waals surface area (Å²) in [5.74, 6) is 0.246. The van der Waals surface area contributed by atoms with Crippen LogP contribution in [-0.4, -0.2) is 18.1 Å². The zero-order valence-electron chi connectivity index (χ0n) is 12.2. The number of thiazole rings is 1. The van der Waals surface area contributed by atoms with Crippen LogP contribution in [0.25, 0.3) is 10.2 Å². The fourth-order valence-electron chi connectivity index (χ4n) is 2.04. The van der Waals surface area contributed by atoms with Crippen molar-refractivity contribution in [2.24, 2.45) is 0 Å². The molecule has 22 heavy (non-hydrogen) atoms. The number of aromatic nitrogens is 1. The lowest BCUT2D eigenvalue weighted by atomic mass is 10.3. The van der Waals surface area contributed by atoms with Gasteiger partial charge in [-0.05, 0) is 31.2 Å². The number of hydrogen-bond donors (Lipinski definition) is 0. The van der Waals surface area contributed by atoms with E-state index in [2.05, 4.69) is 4.98 Å². The van der Waals surface area contributed by atoms with Gasteiger partial charge in [0.2, 0.25) is 5.76 Å². The van der Waals surface area contributed by atoms with Crippen molar-refractivity contribution in [3.05, 3.63) is 52.9 Å². The van der Waals surface area contributed by atoms with Crippen molar-refractivity contribution < 1.29 is 18.7 Å². The first kappa shape index (κ1) is 14.7. The van der Waals surface area contributed by atoms with Crippen LogP contribution in [0.1, 0.15) is 34.4 Å². The van der Waals surface area contributed by atoms with Gasteiger partial charge in [-0.25, -0.2) is 9.78 Å². The van der Waals surface area contributed by atoms with Gasteiger partial charge < -0.3 is 13.9 Å². The molecule has 1 unspecified atom stereocenters. The van der Waals surface area contributed by atoms with Gasteiger partial charge >= 0.3 is 5.97 Å². The Hall–Kier alpha value is -2.18. The lowest BCUT2D eigenvalue weighted by molar-refractivity contribution is 0.0295. The third-order valence-electron chi connectivity index (χ3n) is 3.09. The molecule has 0 saturated carbocycles. The zero-order chi connectivity index (χ0) is 15.5. The smallest absolute Gasteiger partial charge is 0.374 e. The van der Waals surface area contributed by atoms with Gasteiger partial charge in [0.25, 0.3) is 0 Å². The fraction of sp³-hybridized carbons (Fsp3) is 0.250. The van der Waals surface area contributed by atoms with Crippen molar-refractivity contribution in [2.75, 3.05) is 7.11 Å². The van der Waals surface area contributed by atoms with Crippen LogP contribution in [-0.2, 0) is 16.1 Å². The Morgan fingerprint density at radius 1 is 1.32 bits per heavy atom. The molecule has 0 fully saturated rings. The van der Waals surface area contributed by atoms with Crippen LogP contribution in [0.5, 0.6) is 0 Å². The van der Waals surface area contributed by atoms with Gasteiger partial charge in [-0.2, -0.15) is 0 Å². The molecule has 2 aromatic heterocycles. The van der Waals surface area contributed by atoms with E-state index in [4.69, 9.17) is 13.9 Å². The average molecular weight is 317 g/mol. The molecule has 114 valence electrons. The van der Waals surface area contributed by atoms with Crippen LogP contribution < -0.4 is 0 Å². The minimum absolute atomic E-state index is 0.167. The maximum atomic E-state index is 12.1. The second-order valence-corrected chi connectivity index (χ2v) is 5.83. The number of methoxy groups -OCH3 is 1. The second kappa shape index (κ2) is 6.29. The standard InChI is InChI=1S/C16H15NO4S/c1-10(15-17-12-5-3-4-6-14(12)22-15)20-16(18)13-8-7-11(21-13)9-19-2/h3-8,10H,9H2,1-2H3. The molecule has 5 nitrogen and oxygen atoms in total. The van der Waals surface area contributed by atoms with Crippen LogP contribution in [0.3, 0.4) is 0 Å². The molecule has 0 N–H and O–H groups in total. The highest BCUT2D eigenvalue weighted by atomic mass is 32.1. The molecular formula is C16H15NO4S. The normalized spacial score (nSPS) is 12.5. The first-order valence-corrected chi connectivity index (χ1v) is 7.63. The van der Waals surface area contributed by atoms with Gasteiger partial charge in [-0.3, -0.25) is 0 Å². The molecule has 0 aliphatic rings. The minimum Gasteiger partial charge on any atom is -0.452 e. The maximum absolute atomic E-state index is 12.1. The lowest BCUT2D eigenvalue weighted by Crippen LogP contribution is -2.08. The molecule has 3 aromatic rings. The highest BCUT2D eigenvalue weighted by molar-refractivity contribution is 7.18. The molecule has 6 heteroatoms. The van der Waals surface area contributed by atoms with Gasteiger partial charge in [-0.1, -0.05) is 12.1 Å². The fourth-order valence-corrected chi connectivity index (χ4v) is 2.99. The number of para-hydroxylation sites is 1. The number of fused-ring (bicyclic) bond motifs is 1. The van der Waals surface area contributed by atoms with E-state index >= 15 is 0 Å². The molecule has 1 aromatic carbocycles. The number of carbonyl (C=O) groups is 1. The Labute approximate surface area is 131 Å². The molecule has 0 aliphatic carbocycles. The Bertz CT molecular complexity index is 759. The summed E-state index contributed by atoms with van der Waals surface area (Å²) in [6, 6.07) is 11.1. The maximum Gasteiger partial charge on any atom is 0.374 e. The number of rotatable bonds is 5. The van der Waals surface area contributed by atoms with Crippen molar-refractivity contribution in [2.45, 2.75) is 19.6 Å². The quantitative estimate of drug-likeness (QED) is 0.667. The van der Waals surface area contributed by atoms with Crippen LogP contribution in [0, 0.1) is 0 Å². The van der Waals surface area contributed by atoms with E-state index in [-0.39, 0.29) is 5.76 Å². The summed E-state index contributed by atoms with van der Waals surface area (Å²) in [4.78, 5) is 16.6. The molecule has 1 atom stereocenters. The highest BCUT2D eigenvalue weighted by Gasteiger charge is 2.19. The summed E-state index contributed by atoms with van der Waals surface area (Å²) in [5, 5.41) is 0.762. The topological polar surface area (TPSA) is 61.6 Å². The van der Waals surface area contributed by atoms with Gasteiger partial charge in [0.05, 0.1) is 10.2 Å². The minimum atomic E-state index is -0.505. The molecule has 0 bridgehead atoms. The van der Waals surface area contributed by atoms with Crippen molar-refractivity contribution >= 4 is 27.5 Å². The van der Waals surface area contributed by atoms with Gasteiger partial charge in [-0.15, -0.1) is 11.3 Å². The van der Waals surface area contributed by atoms with Gasteiger partial charge in [0.15, 0.2) is 6.10 Å². The number of benzene rings is 1. The van der Waals surface area contributed by atoms with Crippen molar-refractivity contribution in [3.8, 4) is 0 Å². The van der Waals surface area contributed by atoms with E-state index in [1.807, 2.05) is 24.3 Å². The molecule has 3 rings (SSSR count). The molecule has 0 amide bonds. The molecule has 0 saturated heterocycles. The number of hydrogen-bond acceptors (Lipinski definition) is 6. The highest BCUT2D eigenvalue weighted by Crippen LogP contribution is 2.28. The molecule has 2 heterocycles. The largest absolute Gasteiger partial charge is 0.452 e. The van der Waals surface area contributed by atoms with Crippen molar-refractivity contribution in [1.29, 1.82) is 0 Å².